The molecule has 38 heavy (non-hydrogen) atoms. The number of aromatic nitrogens is 2. The summed E-state index contributed by atoms with van der Waals surface area (Å²) in [5.74, 6) is 0. The third-order valence-corrected chi connectivity index (χ3v) is 10.0. The Bertz CT molecular complexity index is 1820. The van der Waals surface area contributed by atoms with Crippen LogP contribution in [0.4, 0.5) is 0 Å². The summed E-state index contributed by atoms with van der Waals surface area (Å²) in [6.07, 6.45) is 3.72. The summed E-state index contributed by atoms with van der Waals surface area (Å²) < 4.78 is 0. The molecular weight excluding hydrogens is 501 g/mol. The van der Waals surface area contributed by atoms with E-state index in [1.807, 2.05) is 41.1 Å². The molecule has 2 aromatic carbocycles. The topological polar surface area (TPSA) is 25.8 Å². The molecule has 4 aromatic heterocycles. The largest absolute Gasteiger partial charge is 0.255 e. The highest BCUT2D eigenvalue weighted by Crippen LogP contribution is 2.50. The Kier molecular flexibility index (Phi) is 5.43. The number of pyridine rings is 2. The highest BCUT2D eigenvalue weighted by atomic mass is 32.1. The van der Waals surface area contributed by atoms with Crippen molar-refractivity contribution in [1.82, 2.24) is 9.97 Å². The van der Waals surface area contributed by atoms with Gasteiger partial charge in [0.1, 0.15) is 0 Å². The van der Waals surface area contributed by atoms with Crippen molar-refractivity contribution in [3.05, 3.63) is 120 Å². The second-order valence-electron chi connectivity index (χ2n) is 10.4. The Labute approximate surface area is 231 Å². The lowest BCUT2D eigenvalue weighted by Gasteiger charge is -2.21. The van der Waals surface area contributed by atoms with Crippen LogP contribution in [0.1, 0.15) is 30.5 Å². The summed E-state index contributed by atoms with van der Waals surface area (Å²) in [6.45, 7) is 6.76. The molecule has 0 N–H and O–H groups in total. The van der Waals surface area contributed by atoms with Crippen molar-refractivity contribution in [2.75, 3.05) is 0 Å². The highest BCUT2D eigenvalue weighted by Gasteiger charge is 2.35. The fourth-order valence-corrected chi connectivity index (χ4v) is 7.60. The zero-order valence-electron chi connectivity index (χ0n) is 21.5. The van der Waals surface area contributed by atoms with Crippen molar-refractivity contribution in [2.45, 2.75) is 26.2 Å². The number of hydrogen-bond acceptors (Lipinski definition) is 4. The maximum atomic E-state index is 4.57. The summed E-state index contributed by atoms with van der Waals surface area (Å²) in [4.78, 5) is 14.2. The maximum Gasteiger partial charge on any atom is 0.0892 e. The van der Waals surface area contributed by atoms with Crippen molar-refractivity contribution in [3.8, 4) is 53.2 Å². The van der Waals surface area contributed by atoms with Crippen LogP contribution in [0.2, 0.25) is 0 Å². The predicted octanol–water partition coefficient (Wildman–Crippen LogP) is 9.88. The molecule has 7 rings (SSSR count). The van der Waals surface area contributed by atoms with Crippen molar-refractivity contribution in [3.63, 3.8) is 0 Å². The van der Waals surface area contributed by atoms with Crippen LogP contribution >= 0.6 is 22.7 Å². The van der Waals surface area contributed by atoms with Crippen molar-refractivity contribution in [2.24, 2.45) is 0 Å². The van der Waals surface area contributed by atoms with Gasteiger partial charge in [0.25, 0.3) is 0 Å². The Hall–Kier alpha value is -3.86. The molecule has 1 aliphatic rings. The summed E-state index contributed by atoms with van der Waals surface area (Å²) in [5.41, 5.74) is 11.1. The van der Waals surface area contributed by atoms with E-state index in [1.54, 1.807) is 0 Å². The molecule has 0 saturated carbocycles. The van der Waals surface area contributed by atoms with Gasteiger partial charge in [0, 0.05) is 37.3 Å². The van der Waals surface area contributed by atoms with Crippen molar-refractivity contribution in [1.29, 1.82) is 0 Å². The van der Waals surface area contributed by atoms with E-state index < -0.39 is 0 Å². The van der Waals surface area contributed by atoms with E-state index in [0.29, 0.717) is 0 Å². The van der Waals surface area contributed by atoms with Gasteiger partial charge < -0.3 is 0 Å². The Morgan fingerprint density at radius 1 is 0.553 bits per heavy atom. The van der Waals surface area contributed by atoms with E-state index in [1.165, 1.54) is 58.5 Å². The van der Waals surface area contributed by atoms with Gasteiger partial charge in [-0.15, -0.1) is 22.7 Å². The number of thiophene rings is 2. The molecule has 1 aliphatic carbocycles. The second kappa shape index (κ2) is 8.87. The van der Waals surface area contributed by atoms with Gasteiger partial charge in [-0.3, -0.25) is 9.97 Å². The summed E-state index contributed by atoms with van der Waals surface area (Å²) >= 11 is 3.70. The lowest BCUT2D eigenvalue weighted by molar-refractivity contribution is 0.660. The quantitative estimate of drug-likeness (QED) is 0.228. The van der Waals surface area contributed by atoms with Crippen LogP contribution in [0.15, 0.2) is 103 Å². The molecule has 0 spiro atoms. The standard InChI is InChI=1S/C34H26N2S2/c1-21-14-16-35-28(18-21)29-20-23(15-17-36-29)31-11-13-33(38-31)32-12-10-30(37-32)22-8-9-25-24-6-4-5-7-26(24)34(2,3)27(25)19-22/h4-20H,1-3H3. The Morgan fingerprint density at radius 3 is 1.89 bits per heavy atom. The molecule has 0 unspecified atom stereocenters. The highest BCUT2D eigenvalue weighted by molar-refractivity contribution is 7.25. The first-order chi connectivity index (χ1) is 18.5. The van der Waals surface area contributed by atoms with Gasteiger partial charge in [-0.1, -0.05) is 50.2 Å². The second-order valence-corrected chi connectivity index (χ2v) is 12.6. The zero-order chi connectivity index (χ0) is 25.9. The van der Waals surface area contributed by atoms with Gasteiger partial charge in [-0.2, -0.15) is 0 Å². The van der Waals surface area contributed by atoms with E-state index in [9.17, 15) is 0 Å². The number of benzene rings is 2. The number of hydrogen-bond donors (Lipinski definition) is 0. The number of rotatable bonds is 4. The Balaban J connectivity index is 1.19. The first kappa shape index (κ1) is 23.3. The van der Waals surface area contributed by atoms with E-state index in [2.05, 4.69) is 116 Å². The maximum absolute atomic E-state index is 4.57. The Morgan fingerprint density at radius 2 is 1.16 bits per heavy atom. The smallest absolute Gasteiger partial charge is 0.0892 e. The minimum Gasteiger partial charge on any atom is -0.255 e. The first-order valence-electron chi connectivity index (χ1n) is 12.8. The third kappa shape index (κ3) is 3.84. The van der Waals surface area contributed by atoms with Crippen LogP contribution in [0, 0.1) is 6.92 Å². The predicted molar refractivity (Wildman–Crippen MR) is 162 cm³/mol. The number of nitrogens with zero attached hydrogens (tertiary/aromatic N) is 2. The summed E-state index contributed by atoms with van der Waals surface area (Å²) in [5, 5.41) is 0. The molecule has 4 heteroatoms. The number of aryl methyl sites for hydroxylation is 1. The zero-order valence-corrected chi connectivity index (χ0v) is 23.2. The van der Waals surface area contributed by atoms with Crippen LogP contribution in [0.3, 0.4) is 0 Å². The molecular formula is C34H26N2S2. The van der Waals surface area contributed by atoms with E-state index in [4.69, 9.17) is 0 Å². The molecule has 0 saturated heterocycles. The van der Waals surface area contributed by atoms with Gasteiger partial charge >= 0.3 is 0 Å². The minimum absolute atomic E-state index is 0.0159. The van der Waals surface area contributed by atoms with E-state index in [0.717, 1.165) is 11.4 Å². The SMILES string of the molecule is Cc1ccnc(-c2cc(-c3ccc(-c4ccc(-c5ccc6c(c5)C(C)(C)c5ccccc5-6)s4)s3)ccn2)c1. The van der Waals surface area contributed by atoms with E-state index >= 15 is 0 Å². The van der Waals surface area contributed by atoms with Gasteiger partial charge in [-0.05, 0) is 100 Å². The molecule has 0 fully saturated rings. The fraction of sp³-hybridized carbons (Fsp3) is 0.118. The average molecular weight is 527 g/mol. The molecule has 184 valence electrons. The molecule has 0 atom stereocenters. The molecule has 0 amide bonds. The molecule has 0 aliphatic heterocycles. The third-order valence-electron chi connectivity index (χ3n) is 7.55. The van der Waals surface area contributed by atoms with Gasteiger partial charge in [-0.25, -0.2) is 0 Å². The molecule has 6 aromatic rings. The molecule has 0 bridgehead atoms. The van der Waals surface area contributed by atoms with Crippen LogP contribution in [-0.4, -0.2) is 9.97 Å². The van der Waals surface area contributed by atoms with Gasteiger partial charge in [0.2, 0.25) is 0 Å². The van der Waals surface area contributed by atoms with Crippen LogP contribution in [0.25, 0.3) is 53.2 Å². The minimum atomic E-state index is 0.0159. The van der Waals surface area contributed by atoms with E-state index in [-0.39, 0.29) is 5.41 Å². The monoisotopic (exact) mass is 526 g/mol. The lowest BCUT2D eigenvalue weighted by Crippen LogP contribution is -2.14. The lowest BCUT2D eigenvalue weighted by atomic mass is 9.82. The van der Waals surface area contributed by atoms with Gasteiger partial charge in [0.05, 0.1) is 11.4 Å². The normalized spacial score (nSPS) is 13.3. The van der Waals surface area contributed by atoms with Crippen LogP contribution in [-0.2, 0) is 5.41 Å². The fourth-order valence-electron chi connectivity index (χ4n) is 5.51. The average Bonchev–Trinajstić information content (AvgIpc) is 3.67. The van der Waals surface area contributed by atoms with Crippen LogP contribution < -0.4 is 0 Å². The van der Waals surface area contributed by atoms with Gasteiger partial charge in [0.15, 0.2) is 0 Å². The number of fused-ring (bicyclic) bond motifs is 3. The molecule has 2 nitrogen and oxygen atoms in total. The summed E-state index contributed by atoms with van der Waals surface area (Å²) in [7, 11) is 0. The summed E-state index contributed by atoms with van der Waals surface area (Å²) in [6, 6.07) is 33.1. The van der Waals surface area contributed by atoms with Crippen molar-refractivity contribution < 1.29 is 0 Å². The van der Waals surface area contributed by atoms with Crippen molar-refractivity contribution >= 4 is 22.7 Å². The molecule has 4 heterocycles. The first-order valence-corrected chi connectivity index (χ1v) is 14.4. The molecule has 0 radical (unpaired) electrons. The van der Waals surface area contributed by atoms with Crippen LogP contribution in [0.5, 0.6) is 0 Å².